The lowest BCUT2D eigenvalue weighted by atomic mass is 10.1. The Balaban J connectivity index is 2.02. The largest absolute Gasteiger partial charge is 0.308 e. The first kappa shape index (κ1) is 14.7. The van der Waals surface area contributed by atoms with Gasteiger partial charge >= 0.3 is 0 Å². The Labute approximate surface area is 141 Å². The van der Waals surface area contributed by atoms with Crippen molar-refractivity contribution in [3.05, 3.63) is 84.9 Å². The maximum absolute atomic E-state index is 12.9. The second-order valence-electron chi connectivity index (χ2n) is 5.57. The van der Waals surface area contributed by atoms with Gasteiger partial charge in [-0.05, 0) is 42.0 Å². The third-order valence-corrected chi connectivity index (χ3v) is 6.03. The summed E-state index contributed by atoms with van der Waals surface area (Å²) in [5.74, 6) is 0. The van der Waals surface area contributed by atoms with Crippen LogP contribution in [-0.4, -0.2) is 8.42 Å². The summed E-state index contributed by atoms with van der Waals surface area (Å²) in [7, 11) is -3.51. The van der Waals surface area contributed by atoms with E-state index in [9.17, 15) is 8.42 Å². The van der Waals surface area contributed by atoms with Gasteiger partial charge in [-0.2, -0.15) is 0 Å². The summed E-state index contributed by atoms with van der Waals surface area (Å²) in [5, 5.41) is 0. The summed E-state index contributed by atoms with van der Waals surface area (Å²) in [6, 6.07) is 22.1. The van der Waals surface area contributed by atoms with E-state index in [2.05, 4.69) is 6.58 Å². The van der Waals surface area contributed by atoms with Crippen molar-refractivity contribution in [1.29, 1.82) is 0 Å². The molecule has 0 bridgehead atoms. The maximum atomic E-state index is 12.9. The molecule has 1 heterocycles. The Morgan fingerprint density at radius 3 is 1.75 bits per heavy atom. The average molecular weight is 333 g/mol. The SMILES string of the molecule is C=Cc1ccc(N2c3ccccc3S(=O)(=O)c3ccccc32)cc1. The standard InChI is InChI=1S/C20H15NO2S/c1-2-15-11-13-16(14-12-15)21-17-7-3-5-9-19(17)24(22,23)20-10-6-4-8-18(20)21/h2-14H,1H2. The van der Waals surface area contributed by atoms with Crippen molar-refractivity contribution in [3.8, 4) is 0 Å². The van der Waals surface area contributed by atoms with E-state index in [1.54, 1.807) is 30.3 Å². The zero-order valence-electron chi connectivity index (χ0n) is 12.9. The molecule has 4 rings (SSSR count). The molecule has 0 fully saturated rings. The maximum Gasteiger partial charge on any atom is 0.210 e. The van der Waals surface area contributed by atoms with Crippen LogP contribution in [0, 0.1) is 0 Å². The van der Waals surface area contributed by atoms with E-state index in [0.717, 1.165) is 11.3 Å². The van der Waals surface area contributed by atoms with E-state index in [-0.39, 0.29) is 0 Å². The Hall–Kier alpha value is -2.85. The van der Waals surface area contributed by atoms with Gasteiger partial charge in [0.2, 0.25) is 9.84 Å². The van der Waals surface area contributed by atoms with Crippen molar-refractivity contribution < 1.29 is 8.42 Å². The van der Waals surface area contributed by atoms with Crippen LogP contribution in [0.25, 0.3) is 6.08 Å². The summed E-state index contributed by atoms with van der Waals surface area (Å²) >= 11 is 0. The van der Waals surface area contributed by atoms with Gasteiger partial charge in [0, 0.05) is 5.69 Å². The molecule has 0 saturated carbocycles. The summed E-state index contributed by atoms with van der Waals surface area (Å²) in [6.07, 6.45) is 1.78. The highest BCUT2D eigenvalue weighted by Gasteiger charge is 2.34. The van der Waals surface area contributed by atoms with Crippen LogP contribution in [0.3, 0.4) is 0 Å². The van der Waals surface area contributed by atoms with E-state index in [1.165, 1.54) is 0 Å². The number of rotatable bonds is 2. The Morgan fingerprint density at radius 2 is 1.25 bits per heavy atom. The molecule has 3 nitrogen and oxygen atoms in total. The van der Waals surface area contributed by atoms with Gasteiger partial charge in [0.1, 0.15) is 0 Å². The molecular weight excluding hydrogens is 318 g/mol. The minimum atomic E-state index is -3.51. The lowest BCUT2D eigenvalue weighted by Crippen LogP contribution is -2.21. The fraction of sp³-hybridized carbons (Fsp3) is 0. The molecule has 0 atom stereocenters. The molecule has 0 radical (unpaired) electrons. The highest BCUT2D eigenvalue weighted by atomic mass is 32.2. The first-order valence-corrected chi connectivity index (χ1v) is 9.07. The number of sulfone groups is 1. The molecule has 3 aromatic rings. The molecule has 0 unspecified atom stereocenters. The molecule has 0 aromatic heterocycles. The van der Waals surface area contributed by atoms with Crippen molar-refractivity contribution in [2.75, 3.05) is 4.90 Å². The minimum Gasteiger partial charge on any atom is -0.308 e. The van der Waals surface area contributed by atoms with Gasteiger partial charge in [0.05, 0.1) is 21.2 Å². The highest BCUT2D eigenvalue weighted by Crippen LogP contribution is 2.47. The molecule has 0 spiro atoms. The van der Waals surface area contributed by atoms with Crippen LogP contribution in [0.2, 0.25) is 0 Å². The highest BCUT2D eigenvalue weighted by molar-refractivity contribution is 7.92. The predicted octanol–water partition coefficient (Wildman–Crippen LogP) is 4.95. The molecule has 0 aliphatic carbocycles. The molecule has 1 aliphatic heterocycles. The summed E-state index contributed by atoms with van der Waals surface area (Å²) in [4.78, 5) is 2.64. The lowest BCUT2D eigenvalue weighted by molar-refractivity contribution is 0.595. The number of anilines is 3. The number of hydrogen-bond donors (Lipinski definition) is 0. The lowest BCUT2D eigenvalue weighted by Gasteiger charge is -2.32. The topological polar surface area (TPSA) is 37.4 Å². The molecule has 4 heteroatoms. The number of hydrogen-bond acceptors (Lipinski definition) is 3. The number of para-hydroxylation sites is 2. The fourth-order valence-electron chi connectivity index (χ4n) is 3.02. The smallest absolute Gasteiger partial charge is 0.210 e. The van der Waals surface area contributed by atoms with Crippen molar-refractivity contribution in [2.24, 2.45) is 0 Å². The zero-order valence-corrected chi connectivity index (χ0v) is 13.7. The summed E-state index contributed by atoms with van der Waals surface area (Å²) < 4.78 is 25.9. The number of fused-ring (bicyclic) bond motifs is 2. The fourth-order valence-corrected chi connectivity index (χ4v) is 4.65. The van der Waals surface area contributed by atoms with Crippen LogP contribution < -0.4 is 4.90 Å². The number of nitrogens with zero attached hydrogens (tertiary/aromatic N) is 1. The van der Waals surface area contributed by atoms with E-state index >= 15 is 0 Å². The van der Waals surface area contributed by atoms with E-state index in [0.29, 0.717) is 21.2 Å². The third kappa shape index (κ3) is 2.07. The second-order valence-corrected chi connectivity index (χ2v) is 7.46. The quantitative estimate of drug-likeness (QED) is 0.521. The van der Waals surface area contributed by atoms with Crippen LogP contribution in [0.15, 0.2) is 89.2 Å². The molecule has 0 amide bonds. The molecule has 0 N–H and O–H groups in total. The van der Waals surface area contributed by atoms with E-state index < -0.39 is 9.84 Å². The van der Waals surface area contributed by atoms with Crippen molar-refractivity contribution in [3.63, 3.8) is 0 Å². The summed E-state index contributed by atoms with van der Waals surface area (Å²) in [5.41, 5.74) is 3.27. The molecule has 118 valence electrons. The number of benzene rings is 3. The Kier molecular flexibility index (Phi) is 3.28. The second kappa shape index (κ2) is 5.35. The van der Waals surface area contributed by atoms with Crippen molar-refractivity contribution in [1.82, 2.24) is 0 Å². The van der Waals surface area contributed by atoms with E-state index in [1.807, 2.05) is 53.4 Å². The van der Waals surface area contributed by atoms with Gasteiger partial charge in [-0.1, -0.05) is 49.1 Å². The van der Waals surface area contributed by atoms with Gasteiger partial charge in [-0.25, -0.2) is 8.42 Å². The van der Waals surface area contributed by atoms with Crippen LogP contribution in [0.4, 0.5) is 17.1 Å². The monoisotopic (exact) mass is 333 g/mol. The van der Waals surface area contributed by atoms with E-state index in [4.69, 9.17) is 0 Å². The molecule has 1 aliphatic rings. The van der Waals surface area contributed by atoms with Crippen LogP contribution in [0.1, 0.15) is 5.56 Å². The van der Waals surface area contributed by atoms with Gasteiger partial charge in [0.15, 0.2) is 0 Å². The first-order valence-electron chi connectivity index (χ1n) is 7.59. The Bertz CT molecular complexity index is 984. The molecular formula is C20H15NO2S. The van der Waals surface area contributed by atoms with Crippen molar-refractivity contribution in [2.45, 2.75) is 9.79 Å². The van der Waals surface area contributed by atoms with Crippen LogP contribution in [0.5, 0.6) is 0 Å². The first-order chi connectivity index (χ1) is 11.6. The minimum absolute atomic E-state index is 0.330. The third-order valence-electron chi connectivity index (χ3n) is 4.18. The van der Waals surface area contributed by atoms with Gasteiger partial charge in [-0.15, -0.1) is 0 Å². The molecule has 0 saturated heterocycles. The predicted molar refractivity (Wildman–Crippen MR) is 96.7 cm³/mol. The summed E-state index contributed by atoms with van der Waals surface area (Å²) in [6.45, 7) is 3.77. The average Bonchev–Trinajstić information content (AvgIpc) is 2.63. The van der Waals surface area contributed by atoms with Gasteiger partial charge < -0.3 is 4.90 Å². The van der Waals surface area contributed by atoms with Crippen LogP contribution >= 0.6 is 0 Å². The van der Waals surface area contributed by atoms with Gasteiger partial charge in [-0.3, -0.25) is 0 Å². The van der Waals surface area contributed by atoms with Gasteiger partial charge in [0.25, 0.3) is 0 Å². The Morgan fingerprint density at radius 1 is 0.750 bits per heavy atom. The molecule has 24 heavy (non-hydrogen) atoms. The van der Waals surface area contributed by atoms with Crippen molar-refractivity contribution >= 4 is 33.0 Å². The zero-order chi connectivity index (χ0) is 16.7. The molecule has 3 aromatic carbocycles. The normalized spacial score (nSPS) is 14.6. The van der Waals surface area contributed by atoms with Crippen LogP contribution in [-0.2, 0) is 9.84 Å².